The van der Waals surface area contributed by atoms with Crippen molar-refractivity contribution in [1.82, 2.24) is 0 Å². The quantitative estimate of drug-likeness (QED) is 0.0976. The number of hydrogen-bond acceptors (Lipinski definition) is 7. The van der Waals surface area contributed by atoms with Crippen LogP contribution in [0.2, 0.25) is 0 Å². The second-order valence-corrected chi connectivity index (χ2v) is 14.6. The number of benzene rings is 5. The average Bonchev–Trinajstić information content (AvgIpc) is 3.15. The SMILES string of the molecule is O=S(SC1O[C@H](COCc2ccccc2)[C@H](OCc2ccccc2)[C@H](OCc2ccccc2)[C@H]1OCc1ccccc1)c1ccccc1. The zero-order chi connectivity index (χ0) is 32.8. The maximum atomic E-state index is 13.8. The summed E-state index contributed by atoms with van der Waals surface area (Å²) in [6.07, 6.45) is -2.26. The number of rotatable bonds is 16. The molecule has 0 spiro atoms. The Hall–Kier alpha value is -3.60. The molecule has 248 valence electrons. The molecule has 1 saturated heterocycles. The Bertz CT molecular complexity index is 1640. The lowest BCUT2D eigenvalue weighted by atomic mass is 9.98. The Morgan fingerprint density at radius 2 is 0.896 bits per heavy atom. The standard InChI is InChI=1S/C40H40O6S2/c41-48(35-24-14-5-15-25-35)47-40-39(45-29-34-22-12-4-13-23-34)38(44-28-33-20-10-3-11-21-33)37(43-27-32-18-8-2-9-19-32)36(46-40)30-42-26-31-16-6-1-7-17-31/h1-25,36-40H,26-30H2/t36-,37+,38+,39-,40?,48?/m1/s1. The van der Waals surface area contributed by atoms with E-state index in [0.717, 1.165) is 22.3 Å². The first-order valence-corrected chi connectivity index (χ1v) is 18.7. The fourth-order valence-corrected chi connectivity index (χ4v) is 8.34. The molecule has 1 aliphatic heterocycles. The van der Waals surface area contributed by atoms with Crippen LogP contribution in [0.4, 0.5) is 0 Å². The number of hydrogen-bond donors (Lipinski definition) is 0. The maximum absolute atomic E-state index is 13.8. The lowest BCUT2D eigenvalue weighted by molar-refractivity contribution is -0.254. The van der Waals surface area contributed by atoms with Crippen molar-refractivity contribution in [2.45, 2.75) is 61.2 Å². The van der Waals surface area contributed by atoms with E-state index in [1.54, 1.807) is 0 Å². The Labute approximate surface area is 289 Å². The predicted molar refractivity (Wildman–Crippen MR) is 190 cm³/mol. The van der Waals surface area contributed by atoms with Crippen LogP contribution in [0.1, 0.15) is 22.3 Å². The van der Waals surface area contributed by atoms with E-state index >= 15 is 0 Å². The molecule has 1 fully saturated rings. The van der Waals surface area contributed by atoms with Gasteiger partial charge in [0, 0.05) is 4.90 Å². The summed E-state index contributed by atoms with van der Waals surface area (Å²) in [5, 5.41) is 0. The van der Waals surface area contributed by atoms with Gasteiger partial charge < -0.3 is 23.7 Å². The molecule has 0 aliphatic carbocycles. The molecule has 48 heavy (non-hydrogen) atoms. The molecule has 1 aliphatic rings. The van der Waals surface area contributed by atoms with Gasteiger partial charge in [-0.1, -0.05) is 140 Å². The number of ether oxygens (including phenoxy) is 5. The highest BCUT2D eigenvalue weighted by Crippen LogP contribution is 2.38. The predicted octanol–water partition coefficient (Wildman–Crippen LogP) is 8.14. The van der Waals surface area contributed by atoms with E-state index in [1.165, 1.54) is 10.8 Å². The first kappa shape index (κ1) is 34.3. The van der Waals surface area contributed by atoms with Gasteiger partial charge in [-0.2, -0.15) is 0 Å². The molecule has 6 atom stereocenters. The van der Waals surface area contributed by atoms with E-state index in [4.69, 9.17) is 23.7 Å². The van der Waals surface area contributed by atoms with Crippen molar-refractivity contribution in [1.29, 1.82) is 0 Å². The molecule has 5 aromatic carbocycles. The van der Waals surface area contributed by atoms with Crippen LogP contribution in [0.25, 0.3) is 0 Å². The molecule has 1 heterocycles. The molecule has 5 aromatic rings. The highest BCUT2D eigenvalue weighted by molar-refractivity contribution is 8.69. The van der Waals surface area contributed by atoms with Crippen molar-refractivity contribution in [3.05, 3.63) is 174 Å². The Balaban J connectivity index is 1.32. The summed E-state index contributed by atoms with van der Waals surface area (Å²) in [5.74, 6) is 0. The van der Waals surface area contributed by atoms with Crippen molar-refractivity contribution in [2.24, 2.45) is 0 Å². The minimum Gasteiger partial charge on any atom is -0.374 e. The maximum Gasteiger partial charge on any atom is 0.145 e. The molecule has 0 saturated carbocycles. The molecule has 0 N–H and O–H groups in total. The van der Waals surface area contributed by atoms with Crippen LogP contribution in [-0.4, -0.2) is 40.7 Å². The molecule has 6 nitrogen and oxygen atoms in total. The summed E-state index contributed by atoms with van der Waals surface area (Å²) in [7, 11) is -0.199. The Morgan fingerprint density at radius 1 is 0.500 bits per heavy atom. The highest BCUT2D eigenvalue weighted by atomic mass is 33.1. The van der Waals surface area contributed by atoms with Crippen LogP contribution in [0.3, 0.4) is 0 Å². The topological polar surface area (TPSA) is 63.2 Å². The van der Waals surface area contributed by atoms with Gasteiger partial charge in [0.2, 0.25) is 0 Å². The summed E-state index contributed by atoms with van der Waals surface area (Å²) in [4.78, 5) is 0.703. The van der Waals surface area contributed by atoms with Crippen LogP contribution < -0.4 is 0 Å². The third kappa shape index (κ3) is 9.96. The largest absolute Gasteiger partial charge is 0.374 e. The smallest absolute Gasteiger partial charge is 0.145 e. The zero-order valence-corrected chi connectivity index (χ0v) is 28.3. The van der Waals surface area contributed by atoms with Crippen molar-refractivity contribution in [3.63, 3.8) is 0 Å². The summed E-state index contributed by atoms with van der Waals surface area (Å²) in [6.45, 7) is 1.70. The molecule has 0 aromatic heterocycles. The average molecular weight is 681 g/mol. The normalized spacial score (nSPS) is 21.5. The Morgan fingerprint density at radius 3 is 1.38 bits per heavy atom. The van der Waals surface area contributed by atoms with E-state index in [1.807, 2.05) is 152 Å². The van der Waals surface area contributed by atoms with Crippen LogP contribution in [-0.2, 0) is 59.9 Å². The van der Waals surface area contributed by atoms with Crippen molar-refractivity contribution < 1.29 is 27.9 Å². The van der Waals surface area contributed by atoms with Crippen molar-refractivity contribution >= 4 is 20.6 Å². The minimum absolute atomic E-state index is 0.250. The van der Waals surface area contributed by atoms with E-state index in [2.05, 4.69) is 0 Å². The highest BCUT2D eigenvalue weighted by Gasteiger charge is 2.49. The van der Waals surface area contributed by atoms with E-state index in [-0.39, 0.29) is 6.61 Å². The molecular formula is C40H40O6S2. The van der Waals surface area contributed by atoms with Gasteiger partial charge >= 0.3 is 0 Å². The molecule has 8 heteroatoms. The molecule has 2 unspecified atom stereocenters. The van der Waals surface area contributed by atoms with Gasteiger partial charge in [-0.25, -0.2) is 4.21 Å². The van der Waals surface area contributed by atoms with E-state index in [9.17, 15) is 4.21 Å². The van der Waals surface area contributed by atoms with Gasteiger partial charge in [0.25, 0.3) is 0 Å². The van der Waals surface area contributed by atoms with Crippen molar-refractivity contribution in [2.75, 3.05) is 6.61 Å². The molecule has 0 amide bonds. The van der Waals surface area contributed by atoms with Crippen LogP contribution in [0, 0.1) is 0 Å². The fourth-order valence-electron chi connectivity index (χ4n) is 5.50. The van der Waals surface area contributed by atoms with Crippen LogP contribution in [0.15, 0.2) is 157 Å². The summed E-state index contributed by atoms with van der Waals surface area (Å²) in [5.41, 5.74) is 3.50. The molecular weight excluding hydrogens is 641 g/mol. The first-order valence-electron chi connectivity index (χ1n) is 16.1. The van der Waals surface area contributed by atoms with Gasteiger partial charge in [-0.15, -0.1) is 0 Å². The van der Waals surface area contributed by atoms with E-state index < -0.39 is 39.7 Å². The Kier molecular flexibility index (Phi) is 13.0. The van der Waals surface area contributed by atoms with Gasteiger partial charge in [0.05, 0.1) is 33.0 Å². The zero-order valence-electron chi connectivity index (χ0n) is 26.6. The third-order valence-corrected chi connectivity index (χ3v) is 11.0. The van der Waals surface area contributed by atoms with Gasteiger partial charge in [0.15, 0.2) is 0 Å². The fraction of sp³-hybridized carbons (Fsp3) is 0.250. The van der Waals surface area contributed by atoms with Gasteiger partial charge in [-0.05, 0) is 45.2 Å². The first-order chi connectivity index (χ1) is 23.7. The summed E-state index contributed by atoms with van der Waals surface area (Å²) in [6, 6.07) is 49.6. The molecule has 0 radical (unpaired) electrons. The van der Waals surface area contributed by atoms with Crippen molar-refractivity contribution in [3.8, 4) is 0 Å². The van der Waals surface area contributed by atoms with Gasteiger partial charge in [-0.3, -0.25) is 0 Å². The minimum atomic E-state index is -1.43. The molecule has 0 bridgehead atoms. The molecule has 6 rings (SSSR count). The van der Waals surface area contributed by atoms with Crippen LogP contribution in [0.5, 0.6) is 0 Å². The van der Waals surface area contributed by atoms with E-state index in [0.29, 0.717) is 31.3 Å². The van der Waals surface area contributed by atoms with Gasteiger partial charge in [0.1, 0.15) is 39.7 Å². The third-order valence-electron chi connectivity index (χ3n) is 7.96. The van der Waals surface area contributed by atoms with Crippen LogP contribution >= 0.6 is 10.8 Å². The summed E-state index contributed by atoms with van der Waals surface area (Å²) < 4.78 is 47.0. The lowest BCUT2D eigenvalue weighted by Gasteiger charge is -2.45. The lowest BCUT2D eigenvalue weighted by Crippen LogP contribution is -2.60. The summed E-state index contributed by atoms with van der Waals surface area (Å²) >= 11 is 0. The second kappa shape index (κ2) is 18.2. The monoisotopic (exact) mass is 680 g/mol. The second-order valence-electron chi connectivity index (χ2n) is 11.5.